The molecule has 27 heavy (non-hydrogen) atoms. The molecule has 0 aliphatic rings. The lowest BCUT2D eigenvalue weighted by molar-refractivity contribution is -0.118. The number of rotatable bonds is 9. The Bertz CT molecular complexity index is 881. The van der Waals surface area contributed by atoms with E-state index in [0.29, 0.717) is 12.1 Å². The highest BCUT2D eigenvalue weighted by Gasteiger charge is 2.24. The number of amides is 2. The van der Waals surface area contributed by atoms with Crippen LogP contribution in [0.25, 0.3) is 0 Å². The van der Waals surface area contributed by atoms with Crippen LogP contribution < -0.4 is 11.1 Å². The number of nitrogens with zero attached hydrogens (tertiary/aromatic N) is 1. The third-order valence-electron chi connectivity index (χ3n) is 3.91. The summed E-state index contributed by atoms with van der Waals surface area (Å²) in [6.45, 7) is 1.62. The maximum Gasteiger partial charge on any atom is 0.243 e. The summed E-state index contributed by atoms with van der Waals surface area (Å²) in [5, 5.41) is 2.59. The lowest BCUT2D eigenvalue weighted by Crippen LogP contribution is -2.35. The minimum absolute atomic E-state index is 0.0119. The molecule has 0 heterocycles. The molecule has 0 spiro atoms. The summed E-state index contributed by atoms with van der Waals surface area (Å²) >= 11 is 0. The number of primary amides is 1. The highest BCUT2D eigenvalue weighted by atomic mass is 32.2. The number of anilines is 1. The first-order valence-corrected chi connectivity index (χ1v) is 9.93. The van der Waals surface area contributed by atoms with E-state index >= 15 is 0 Å². The maximum absolute atomic E-state index is 13.0. The van der Waals surface area contributed by atoms with Crippen LogP contribution in [0, 0.1) is 0 Å². The zero-order valence-corrected chi connectivity index (χ0v) is 15.9. The molecule has 2 aromatic rings. The number of hydrogen-bond donors (Lipinski definition) is 2. The Hall–Kier alpha value is -2.71. The second kappa shape index (κ2) is 9.29. The minimum Gasteiger partial charge on any atom is -0.370 e. The molecule has 0 aromatic heterocycles. The van der Waals surface area contributed by atoms with Gasteiger partial charge >= 0.3 is 0 Å². The minimum atomic E-state index is -3.80. The molecule has 0 radical (unpaired) electrons. The van der Waals surface area contributed by atoms with Crippen molar-refractivity contribution < 1.29 is 18.0 Å². The normalized spacial score (nSPS) is 11.3. The molecule has 0 aliphatic heterocycles. The number of sulfonamides is 1. The van der Waals surface area contributed by atoms with E-state index in [1.54, 1.807) is 0 Å². The Morgan fingerprint density at radius 2 is 1.63 bits per heavy atom. The molecule has 7 nitrogen and oxygen atoms in total. The van der Waals surface area contributed by atoms with E-state index in [0.717, 1.165) is 5.56 Å². The van der Waals surface area contributed by atoms with Crippen molar-refractivity contribution in [3.8, 4) is 0 Å². The van der Waals surface area contributed by atoms with E-state index in [2.05, 4.69) is 5.32 Å². The van der Waals surface area contributed by atoms with Gasteiger partial charge in [0, 0.05) is 32.1 Å². The molecular formula is C19H23N3O4S. The largest absolute Gasteiger partial charge is 0.370 e. The predicted octanol–water partition coefficient (Wildman–Crippen LogP) is 1.75. The van der Waals surface area contributed by atoms with Gasteiger partial charge in [0.05, 0.1) is 4.90 Å². The van der Waals surface area contributed by atoms with Gasteiger partial charge in [0.1, 0.15) is 0 Å². The molecule has 3 N–H and O–H groups in total. The van der Waals surface area contributed by atoms with Gasteiger partial charge < -0.3 is 11.1 Å². The van der Waals surface area contributed by atoms with Crippen molar-refractivity contribution in [3.05, 3.63) is 60.2 Å². The van der Waals surface area contributed by atoms with Crippen LogP contribution >= 0.6 is 0 Å². The third-order valence-corrected chi connectivity index (χ3v) is 5.83. The van der Waals surface area contributed by atoms with Crippen molar-refractivity contribution in [1.82, 2.24) is 4.31 Å². The van der Waals surface area contributed by atoms with Crippen molar-refractivity contribution in [3.63, 3.8) is 0 Å². The molecule has 0 unspecified atom stereocenters. The van der Waals surface area contributed by atoms with Gasteiger partial charge in [-0.3, -0.25) is 9.59 Å². The van der Waals surface area contributed by atoms with Crippen LogP contribution in [-0.4, -0.2) is 37.6 Å². The standard InChI is InChI=1S/C19H23N3O4S/c1-15(23)21-17-7-9-18(10-8-17)27(25,26)22(14-12-19(20)24)13-11-16-5-3-2-4-6-16/h2-10H,11-14H2,1H3,(H2,20,24)(H,21,23). The fourth-order valence-electron chi connectivity index (χ4n) is 2.55. The number of benzene rings is 2. The number of hydrogen-bond acceptors (Lipinski definition) is 4. The van der Waals surface area contributed by atoms with Crippen molar-refractivity contribution in [2.45, 2.75) is 24.7 Å². The second-order valence-corrected chi connectivity index (χ2v) is 8.00. The summed E-state index contributed by atoms with van der Waals surface area (Å²) in [7, 11) is -3.80. The molecule has 0 aliphatic carbocycles. The molecule has 0 bridgehead atoms. The van der Waals surface area contributed by atoms with E-state index in [-0.39, 0.29) is 30.3 Å². The smallest absolute Gasteiger partial charge is 0.243 e. The molecule has 0 fully saturated rings. The number of carbonyl (C=O) groups excluding carboxylic acids is 2. The molecular weight excluding hydrogens is 366 g/mol. The molecule has 0 atom stereocenters. The number of nitrogens with two attached hydrogens (primary N) is 1. The molecule has 144 valence electrons. The molecule has 0 saturated heterocycles. The first-order chi connectivity index (χ1) is 12.8. The molecule has 0 saturated carbocycles. The Morgan fingerprint density at radius 3 is 2.19 bits per heavy atom. The van der Waals surface area contributed by atoms with Crippen LogP contribution in [0.15, 0.2) is 59.5 Å². The highest BCUT2D eigenvalue weighted by Crippen LogP contribution is 2.19. The van der Waals surface area contributed by atoms with Crippen LogP contribution in [0.3, 0.4) is 0 Å². The zero-order valence-electron chi connectivity index (χ0n) is 15.1. The maximum atomic E-state index is 13.0. The number of carbonyl (C=O) groups is 2. The zero-order chi connectivity index (χ0) is 19.9. The second-order valence-electron chi connectivity index (χ2n) is 6.06. The molecule has 2 rings (SSSR count). The van der Waals surface area contributed by atoms with E-state index in [1.165, 1.54) is 35.5 Å². The average molecular weight is 389 g/mol. The van der Waals surface area contributed by atoms with E-state index < -0.39 is 15.9 Å². The van der Waals surface area contributed by atoms with E-state index in [4.69, 9.17) is 5.73 Å². The molecule has 8 heteroatoms. The van der Waals surface area contributed by atoms with Gasteiger partial charge in [-0.2, -0.15) is 4.31 Å². The fraction of sp³-hybridized carbons (Fsp3) is 0.263. The van der Waals surface area contributed by atoms with Gasteiger partial charge in [-0.15, -0.1) is 0 Å². The Morgan fingerprint density at radius 1 is 1.00 bits per heavy atom. The predicted molar refractivity (Wildman–Crippen MR) is 103 cm³/mol. The SMILES string of the molecule is CC(=O)Nc1ccc(S(=O)(=O)N(CCC(N)=O)CCc2ccccc2)cc1. The highest BCUT2D eigenvalue weighted by molar-refractivity contribution is 7.89. The third kappa shape index (κ3) is 6.19. The monoisotopic (exact) mass is 389 g/mol. The van der Waals surface area contributed by atoms with Gasteiger partial charge in [-0.05, 0) is 36.2 Å². The van der Waals surface area contributed by atoms with Gasteiger partial charge in [0.25, 0.3) is 0 Å². The van der Waals surface area contributed by atoms with Gasteiger partial charge in [-0.25, -0.2) is 8.42 Å². The van der Waals surface area contributed by atoms with Crippen molar-refractivity contribution in [2.75, 3.05) is 18.4 Å². The van der Waals surface area contributed by atoms with E-state index in [9.17, 15) is 18.0 Å². The summed E-state index contributed by atoms with van der Waals surface area (Å²) in [6.07, 6.45) is 0.459. The van der Waals surface area contributed by atoms with Crippen LogP contribution in [-0.2, 0) is 26.0 Å². The van der Waals surface area contributed by atoms with E-state index in [1.807, 2.05) is 30.3 Å². The van der Waals surface area contributed by atoms with Crippen LogP contribution in [0.4, 0.5) is 5.69 Å². The van der Waals surface area contributed by atoms with Crippen molar-refractivity contribution in [2.24, 2.45) is 5.73 Å². The first-order valence-electron chi connectivity index (χ1n) is 8.49. The fourth-order valence-corrected chi connectivity index (χ4v) is 3.99. The summed E-state index contributed by atoms with van der Waals surface area (Å²) in [5.74, 6) is -0.799. The van der Waals surface area contributed by atoms with Crippen LogP contribution in [0.1, 0.15) is 18.9 Å². The first kappa shape index (κ1) is 20.6. The lowest BCUT2D eigenvalue weighted by Gasteiger charge is -2.22. The van der Waals surface area contributed by atoms with Crippen molar-refractivity contribution in [1.29, 1.82) is 0 Å². The quantitative estimate of drug-likeness (QED) is 0.681. The van der Waals surface area contributed by atoms with Gasteiger partial charge in [-0.1, -0.05) is 30.3 Å². The topological polar surface area (TPSA) is 110 Å². The Balaban J connectivity index is 2.20. The Kier molecular flexibility index (Phi) is 7.09. The summed E-state index contributed by atoms with van der Waals surface area (Å²) in [5.41, 5.74) is 6.70. The summed E-state index contributed by atoms with van der Waals surface area (Å²) in [6, 6.07) is 15.4. The Labute approximate surface area is 159 Å². The van der Waals surface area contributed by atoms with Crippen LogP contribution in [0.2, 0.25) is 0 Å². The van der Waals surface area contributed by atoms with Crippen LogP contribution in [0.5, 0.6) is 0 Å². The van der Waals surface area contributed by atoms with Crippen molar-refractivity contribution >= 4 is 27.5 Å². The average Bonchev–Trinajstić information content (AvgIpc) is 2.62. The summed E-state index contributed by atoms with van der Waals surface area (Å²) in [4.78, 5) is 22.3. The van der Waals surface area contributed by atoms with Gasteiger partial charge in [0.15, 0.2) is 0 Å². The van der Waals surface area contributed by atoms with Gasteiger partial charge in [0.2, 0.25) is 21.8 Å². The molecule has 2 amide bonds. The lowest BCUT2D eigenvalue weighted by atomic mass is 10.1. The molecule has 2 aromatic carbocycles. The number of nitrogens with one attached hydrogen (secondary N) is 1. The summed E-state index contributed by atoms with van der Waals surface area (Å²) < 4.78 is 27.2.